The largest absolute Gasteiger partial charge is 0.371 e. The van der Waals surface area contributed by atoms with Crippen molar-refractivity contribution in [3.05, 3.63) is 18.7 Å². The molecule has 0 aliphatic rings. The summed E-state index contributed by atoms with van der Waals surface area (Å²) in [5.74, 6) is -0.174. The second-order valence-electron chi connectivity index (χ2n) is 3.98. The van der Waals surface area contributed by atoms with Gasteiger partial charge in [0.05, 0.1) is 6.33 Å². The van der Waals surface area contributed by atoms with Crippen LogP contribution in [0.3, 0.4) is 0 Å². The number of unbranched alkanes of at least 4 members (excludes halogenated alkanes) is 2. The fourth-order valence-corrected chi connectivity index (χ4v) is 1.41. The highest BCUT2D eigenvalue weighted by Crippen LogP contribution is 2.00. The van der Waals surface area contributed by atoms with Crippen molar-refractivity contribution in [2.75, 3.05) is 6.54 Å². The lowest BCUT2D eigenvalue weighted by molar-refractivity contribution is -0.151. The third kappa shape index (κ3) is 6.73. The van der Waals surface area contributed by atoms with Crippen molar-refractivity contribution < 1.29 is 9.63 Å². The molecule has 0 aliphatic carbocycles. The zero-order valence-electron chi connectivity index (χ0n) is 10.4. The predicted molar refractivity (Wildman–Crippen MR) is 65.1 cm³/mol. The van der Waals surface area contributed by atoms with Gasteiger partial charge < -0.3 is 9.40 Å². The van der Waals surface area contributed by atoms with Crippen molar-refractivity contribution in [1.29, 1.82) is 0 Å². The number of aromatic nitrogens is 2. The molecule has 0 spiro atoms. The first-order valence-corrected chi connectivity index (χ1v) is 6.21. The SMILES string of the molecule is CCCCNOC(=O)CCCCn1ccnc1. The van der Waals surface area contributed by atoms with E-state index in [-0.39, 0.29) is 5.97 Å². The topological polar surface area (TPSA) is 56.1 Å². The van der Waals surface area contributed by atoms with Crippen LogP contribution in [0.2, 0.25) is 0 Å². The van der Waals surface area contributed by atoms with Gasteiger partial charge in [0.15, 0.2) is 0 Å². The Morgan fingerprint density at radius 1 is 1.41 bits per heavy atom. The Bertz CT molecular complexity index is 299. The first-order chi connectivity index (χ1) is 8.33. The van der Waals surface area contributed by atoms with Crippen LogP contribution < -0.4 is 5.48 Å². The van der Waals surface area contributed by atoms with Crippen LogP contribution in [0.1, 0.15) is 39.0 Å². The molecular weight excluding hydrogens is 218 g/mol. The van der Waals surface area contributed by atoms with Gasteiger partial charge >= 0.3 is 5.97 Å². The molecule has 0 saturated carbocycles. The number of carbonyl (C=O) groups is 1. The molecule has 5 heteroatoms. The molecule has 0 unspecified atom stereocenters. The number of nitrogens with zero attached hydrogens (tertiary/aromatic N) is 2. The minimum Gasteiger partial charge on any atom is -0.371 e. The highest BCUT2D eigenvalue weighted by molar-refractivity contribution is 5.68. The Morgan fingerprint density at radius 3 is 3.00 bits per heavy atom. The summed E-state index contributed by atoms with van der Waals surface area (Å²) in [6.07, 6.45) is 9.84. The second kappa shape index (κ2) is 8.75. The van der Waals surface area contributed by atoms with Crippen molar-refractivity contribution in [1.82, 2.24) is 15.0 Å². The quantitative estimate of drug-likeness (QED) is 0.528. The predicted octanol–water partition coefficient (Wildman–Crippen LogP) is 1.90. The lowest BCUT2D eigenvalue weighted by Crippen LogP contribution is -2.20. The van der Waals surface area contributed by atoms with Gasteiger partial charge in [0, 0.05) is 31.9 Å². The summed E-state index contributed by atoms with van der Waals surface area (Å²) in [5, 5.41) is 0. The van der Waals surface area contributed by atoms with Gasteiger partial charge in [-0.05, 0) is 19.3 Å². The number of nitrogens with one attached hydrogen (secondary N) is 1. The van der Waals surface area contributed by atoms with E-state index in [4.69, 9.17) is 4.84 Å². The third-order valence-corrected chi connectivity index (χ3v) is 2.42. The molecule has 1 aromatic heterocycles. The standard InChI is InChI=1S/C12H21N3O2/c1-2-3-7-14-17-12(16)6-4-5-9-15-10-8-13-11-15/h8,10-11,14H,2-7,9H2,1H3. The summed E-state index contributed by atoms with van der Waals surface area (Å²) in [7, 11) is 0. The molecule has 96 valence electrons. The van der Waals surface area contributed by atoms with Crippen LogP contribution in [-0.4, -0.2) is 22.1 Å². The second-order valence-corrected chi connectivity index (χ2v) is 3.98. The van der Waals surface area contributed by atoms with Gasteiger partial charge in [-0.2, -0.15) is 5.48 Å². The van der Waals surface area contributed by atoms with Gasteiger partial charge in [-0.25, -0.2) is 4.98 Å². The zero-order valence-corrected chi connectivity index (χ0v) is 10.4. The molecule has 1 N–H and O–H groups in total. The molecule has 1 rings (SSSR count). The monoisotopic (exact) mass is 239 g/mol. The van der Waals surface area contributed by atoms with Crippen LogP contribution >= 0.6 is 0 Å². The van der Waals surface area contributed by atoms with Gasteiger partial charge in [0.25, 0.3) is 0 Å². The van der Waals surface area contributed by atoms with Crippen LogP contribution in [0.4, 0.5) is 0 Å². The molecule has 0 aromatic carbocycles. The van der Waals surface area contributed by atoms with Crippen LogP contribution in [-0.2, 0) is 16.2 Å². The average molecular weight is 239 g/mol. The molecule has 1 heterocycles. The van der Waals surface area contributed by atoms with Gasteiger partial charge in [0.2, 0.25) is 0 Å². The molecule has 0 aliphatic heterocycles. The lowest BCUT2D eigenvalue weighted by Gasteiger charge is -2.05. The fourth-order valence-electron chi connectivity index (χ4n) is 1.41. The van der Waals surface area contributed by atoms with E-state index in [9.17, 15) is 4.79 Å². The van der Waals surface area contributed by atoms with Gasteiger partial charge in [0.1, 0.15) is 0 Å². The van der Waals surface area contributed by atoms with E-state index in [0.717, 1.165) is 38.8 Å². The molecule has 0 bridgehead atoms. The summed E-state index contributed by atoms with van der Waals surface area (Å²) >= 11 is 0. The molecule has 5 nitrogen and oxygen atoms in total. The van der Waals surface area contributed by atoms with Crippen molar-refractivity contribution in [3.8, 4) is 0 Å². The molecule has 0 amide bonds. The normalized spacial score (nSPS) is 10.4. The number of carbonyl (C=O) groups excluding carboxylic acids is 1. The molecule has 0 radical (unpaired) electrons. The van der Waals surface area contributed by atoms with Gasteiger partial charge in [-0.3, -0.25) is 4.79 Å². The Morgan fingerprint density at radius 2 is 2.29 bits per heavy atom. The van der Waals surface area contributed by atoms with E-state index in [1.54, 1.807) is 12.5 Å². The van der Waals surface area contributed by atoms with E-state index in [2.05, 4.69) is 17.4 Å². The van der Waals surface area contributed by atoms with E-state index in [0.29, 0.717) is 6.42 Å². The van der Waals surface area contributed by atoms with Crippen molar-refractivity contribution in [2.45, 2.75) is 45.6 Å². The number of aryl methyl sites for hydroxylation is 1. The number of rotatable bonds is 9. The van der Waals surface area contributed by atoms with Crippen LogP contribution in [0.5, 0.6) is 0 Å². The first-order valence-electron chi connectivity index (χ1n) is 6.21. The number of hydrogen-bond acceptors (Lipinski definition) is 4. The van der Waals surface area contributed by atoms with E-state index in [1.165, 1.54) is 0 Å². The smallest absolute Gasteiger partial charge is 0.324 e. The Hall–Kier alpha value is -1.36. The summed E-state index contributed by atoms with van der Waals surface area (Å²) in [5.41, 5.74) is 2.68. The fraction of sp³-hybridized carbons (Fsp3) is 0.667. The van der Waals surface area contributed by atoms with Crippen LogP contribution in [0, 0.1) is 0 Å². The molecule has 0 saturated heterocycles. The average Bonchev–Trinajstić information content (AvgIpc) is 2.83. The van der Waals surface area contributed by atoms with Crippen molar-refractivity contribution >= 4 is 5.97 Å². The van der Waals surface area contributed by atoms with Gasteiger partial charge in [-0.15, -0.1) is 0 Å². The lowest BCUT2D eigenvalue weighted by atomic mass is 10.2. The van der Waals surface area contributed by atoms with Gasteiger partial charge in [-0.1, -0.05) is 13.3 Å². The minimum absolute atomic E-state index is 0.174. The first kappa shape index (κ1) is 13.7. The van der Waals surface area contributed by atoms with E-state index in [1.807, 2.05) is 10.8 Å². The maximum absolute atomic E-state index is 11.3. The van der Waals surface area contributed by atoms with Crippen LogP contribution in [0.15, 0.2) is 18.7 Å². The number of hydroxylamine groups is 1. The Labute approximate surface area is 102 Å². The summed E-state index contributed by atoms with van der Waals surface area (Å²) in [6.45, 7) is 3.73. The molecule has 0 atom stereocenters. The molecule has 17 heavy (non-hydrogen) atoms. The van der Waals surface area contributed by atoms with E-state index >= 15 is 0 Å². The van der Waals surface area contributed by atoms with E-state index < -0.39 is 0 Å². The third-order valence-electron chi connectivity index (χ3n) is 2.42. The number of hydrogen-bond donors (Lipinski definition) is 1. The summed E-state index contributed by atoms with van der Waals surface area (Å²) in [6, 6.07) is 0. The Balaban J connectivity index is 1.93. The highest BCUT2D eigenvalue weighted by Gasteiger charge is 2.02. The van der Waals surface area contributed by atoms with Crippen molar-refractivity contribution in [2.24, 2.45) is 0 Å². The molecular formula is C12H21N3O2. The Kier molecular flexibility index (Phi) is 7.06. The highest BCUT2D eigenvalue weighted by atomic mass is 16.7. The van der Waals surface area contributed by atoms with Crippen LogP contribution in [0.25, 0.3) is 0 Å². The maximum Gasteiger partial charge on any atom is 0.324 e. The molecule has 0 fully saturated rings. The number of imidazole rings is 1. The summed E-state index contributed by atoms with van der Waals surface area (Å²) < 4.78 is 2.00. The maximum atomic E-state index is 11.3. The summed E-state index contributed by atoms with van der Waals surface area (Å²) in [4.78, 5) is 20.1. The minimum atomic E-state index is -0.174. The molecule has 1 aromatic rings. The van der Waals surface area contributed by atoms with Crippen molar-refractivity contribution in [3.63, 3.8) is 0 Å². The zero-order chi connectivity index (χ0) is 12.3.